The molecule has 3 rings (SSSR count). The van der Waals surface area contributed by atoms with Crippen molar-refractivity contribution < 1.29 is 9.59 Å². The van der Waals surface area contributed by atoms with E-state index in [-0.39, 0.29) is 11.8 Å². The molecule has 0 bridgehead atoms. The Hall–Kier alpha value is -2.89. The second kappa shape index (κ2) is 7.79. The molecule has 1 aliphatic rings. The van der Waals surface area contributed by atoms with Crippen LogP contribution in [0.15, 0.2) is 42.6 Å². The first-order chi connectivity index (χ1) is 12.1. The largest absolute Gasteiger partial charge is 0.371 e. The molecule has 0 atom stereocenters. The zero-order valence-electron chi connectivity index (χ0n) is 14.3. The van der Waals surface area contributed by atoms with Crippen molar-refractivity contribution in [3.8, 4) is 0 Å². The van der Waals surface area contributed by atoms with Crippen molar-refractivity contribution in [1.29, 1.82) is 0 Å². The number of carbonyl (C=O) groups excluding carboxylic acids is 2. The number of carbonyl (C=O) groups is 2. The van der Waals surface area contributed by atoms with E-state index in [2.05, 4.69) is 20.5 Å². The predicted octanol–water partition coefficient (Wildman–Crippen LogP) is 3.28. The highest BCUT2D eigenvalue weighted by Gasteiger charge is 2.14. The van der Waals surface area contributed by atoms with Gasteiger partial charge in [0.2, 0.25) is 5.91 Å². The zero-order chi connectivity index (χ0) is 17.6. The molecule has 6 nitrogen and oxygen atoms in total. The Labute approximate surface area is 147 Å². The van der Waals surface area contributed by atoms with Crippen molar-refractivity contribution in [2.45, 2.75) is 26.2 Å². The molecule has 1 saturated heterocycles. The normalized spacial score (nSPS) is 14.0. The summed E-state index contributed by atoms with van der Waals surface area (Å²) in [4.78, 5) is 30.0. The fraction of sp³-hybridized carbons (Fsp3) is 0.316. The number of anilines is 3. The van der Waals surface area contributed by atoms with Crippen molar-refractivity contribution >= 4 is 28.9 Å². The van der Waals surface area contributed by atoms with Crippen LogP contribution in [0.3, 0.4) is 0 Å². The first kappa shape index (κ1) is 17.0. The summed E-state index contributed by atoms with van der Waals surface area (Å²) in [7, 11) is 0. The Kier molecular flexibility index (Phi) is 5.28. The molecule has 0 unspecified atom stereocenters. The van der Waals surface area contributed by atoms with E-state index in [0.29, 0.717) is 17.1 Å². The maximum atomic E-state index is 12.4. The minimum Gasteiger partial charge on any atom is -0.371 e. The molecule has 6 heteroatoms. The van der Waals surface area contributed by atoms with Crippen molar-refractivity contribution in [2.24, 2.45) is 0 Å². The molecule has 0 radical (unpaired) electrons. The van der Waals surface area contributed by atoms with Gasteiger partial charge in [0.15, 0.2) is 0 Å². The first-order valence-corrected chi connectivity index (χ1v) is 8.52. The lowest BCUT2D eigenvalue weighted by atomic mass is 10.1. The Morgan fingerprint density at radius 2 is 1.60 bits per heavy atom. The molecule has 2 aromatic rings. The lowest BCUT2D eigenvalue weighted by molar-refractivity contribution is -0.114. The molecular weight excluding hydrogens is 316 g/mol. The van der Waals surface area contributed by atoms with Crippen LogP contribution in [-0.2, 0) is 4.79 Å². The SMILES string of the molecule is CC(=O)Nc1ccc(NC(=O)c2cc(N3CCCCC3)ccn2)cc1. The predicted molar refractivity (Wildman–Crippen MR) is 99.0 cm³/mol. The van der Waals surface area contributed by atoms with E-state index in [9.17, 15) is 9.59 Å². The number of benzene rings is 1. The fourth-order valence-corrected chi connectivity index (χ4v) is 2.93. The van der Waals surface area contributed by atoms with Crippen LogP contribution in [0, 0.1) is 0 Å². The standard InChI is InChI=1S/C19H22N4O2/c1-14(24)21-15-5-7-16(8-6-15)22-19(25)18-13-17(9-10-20-18)23-11-3-2-4-12-23/h5-10,13H,2-4,11-12H2,1H3,(H,21,24)(H,22,25). The molecule has 1 fully saturated rings. The molecular formula is C19H22N4O2. The number of amides is 2. The van der Waals surface area contributed by atoms with Gasteiger partial charge in [-0.3, -0.25) is 14.6 Å². The van der Waals surface area contributed by atoms with E-state index in [1.165, 1.54) is 26.2 Å². The molecule has 130 valence electrons. The molecule has 0 aliphatic carbocycles. The second-order valence-corrected chi connectivity index (χ2v) is 6.16. The van der Waals surface area contributed by atoms with Gasteiger partial charge >= 0.3 is 0 Å². The zero-order valence-corrected chi connectivity index (χ0v) is 14.3. The summed E-state index contributed by atoms with van der Waals surface area (Å²) in [5, 5.41) is 5.53. The molecule has 2 N–H and O–H groups in total. The number of aromatic nitrogens is 1. The van der Waals surface area contributed by atoms with Gasteiger partial charge in [-0.05, 0) is 55.7 Å². The lowest BCUT2D eigenvalue weighted by Crippen LogP contribution is -2.29. The van der Waals surface area contributed by atoms with Crippen molar-refractivity contribution in [3.05, 3.63) is 48.3 Å². The smallest absolute Gasteiger partial charge is 0.274 e. The van der Waals surface area contributed by atoms with Crippen LogP contribution in [0.4, 0.5) is 17.1 Å². The molecule has 0 saturated carbocycles. The van der Waals surface area contributed by atoms with Crippen molar-refractivity contribution in [3.63, 3.8) is 0 Å². The van der Waals surface area contributed by atoms with Crippen LogP contribution >= 0.6 is 0 Å². The average Bonchev–Trinajstić information content (AvgIpc) is 2.64. The summed E-state index contributed by atoms with van der Waals surface area (Å²) in [5.74, 6) is -0.373. The highest BCUT2D eigenvalue weighted by Crippen LogP contribution is 2.20. The molecule has 1 aliphatic heterocycles. The number of nitrogens with one attached hydrogen (secondary N) is 2. The number of hydrogen-bond acceptors (Lipinski definition) is 4. The van der Waals surface area contributed by atoms with E-state index < -0.39 is 0 Å². The third kappa shape index (κ3) is 4.56. The van der Waals surface area contributed by atoms with Crippen LogP contribution in [0.5, 0.6) is 0 Å². The van der Waals surface area contributed by atoms with E-state index >= 15 is 0 Å². The summed E-state index contributed by atoms with van der Waals surface area (Å²) in [6.07, 6.45) is 5.32. The maximum absolute atomic E-state index is 12.4. The minimum atomic E-state index is -0.244. The van der Waals surface area contributed by atoms with Crippen LogP contribution < -0.4 is 15.5 Å². The average molecular weight is 338 g/mol. The molecule has 2 amide bonds. The summed E-state index contributed by atoms with van der Waals surface area (Å²) in [6, 6.07) is 10.8. The summed E-state index contributed by atoms with van der Waals surface area (Å²) < 4.78 is 0. The Bertz CT molecular complexity index is 752. The van der Waals surface area contributed by atoms with Crippen LogP contribution in [-0.4, -0.2) is 29.9 Å². The van der Waals surface area contributed by atoms with Gasteiger partial charge in [-0.2, -0.15) is 0 Å². The highest BCUT2D eigenvalue weighted by molar-refractivity contribution is 6.03. The molecule has 25 heavy (non-hydrogen) atoms. The minimum absolute atomic E-state index is 0.129. The van der Waals surface area contributed by atoms with Gasteiger partial charge in [0, 0.05) is 43.3 Å². The van der Waals surface area contributed by atoms with Gasteiger partial charge < -0.3 is 15.5 Å². The number of pyridine rings is 1. The van der Waals surface area contributed by atoms with Gasteiger partial charge in [0.1, 0.15) is 5.69 Å². The third-order valence-electron chi connectivity index (χ3n) is 4.16. The summed E-state index contributed by atoms with van der Waals surface area (Å²) in [5.41, 5.74) is 2.79. The monoisotopic (exact) mass is 338 g/mol. The van der Waals surface area contributed by atoms with Gasteiger partial charge in [0.25, 0.3) is 5.91 Å². The first-order valence-electron chi connectivity index (χ1n) is 8.52. The number of piperidine rings is 1. The highest BCUT2D eigenvalue weighted by atomic mass is 16.2. The van der Waals surface area contributed by atoms with E-state index in [4.69, 9.17) is 0 Å². The van der Waals surface area contributed by atoms with E-state index in [1.807, 2.05) is 12.1 Å². The summed E-state index contributed by atoms with van der Waals surface area (Å²) in [6.45, 7) is 3.50. The molecule has 1 aromatic carbocycles. The van der Waals surface area contributed by atoms with Crippen LogP contribution in [0.25, 0.3) is 0 Å². The number of hydrogen-bond donors (Lipinski definition) is 2. The van der Waals surface area contributed by atoms with Crippen molar-refractivity contribution in [1.82, 2.24) is 4.98 Å². The van der Waals surface area contributed by atoms with E-state index in [0.717, 1.165) is 18.8 Å². The van der Waals surface area contributed by atoms with E-state index in [1.54, 1.807) is 30.5 Å². The van der Waals surface area contributed by atoms with Crippen LogP contribution in [0.1, 0.15) is 36.7 Å². The molecule has 2 heterocycles. The van der Waals surface area contributed by atoms with Crippen LogP contribution in [0.2, 0.25) is 0 Å². The number of rotatable bonds is 4. The van der Waals surface area contributed by atoms with Gasteiger partial charge in [-0.1, -0.05) is 0 Å². The number of nitrogens with zero attached hydrogens (tertiary/aromatic N) is 2. The Balaban J connectivity index is 1.67. The Morgan fingerprint density at radius 1 is 0.960 bits per heavy atom. The Morgan fingerprint density at radius 3 is 2.24 bits per heavy atom. The third-order valence-corrected chi connectivity index (χ3v) is 4.16. The molecule has 0 spiro atoms. The van der Waals surface area contributed by atoms with Gasteiger partial charge in [-0.15, -0.1) is 0 Å². The summed E-state index contributed by atoms with van der Waals surface area (Å²) >= 11 is 0. The second-order valence-electron chi connectivity index (χ2n) is 6.16. The lowest BCUT2D eigenvalue weighted by Gasteiger charge is -2.28. The van der Waals surface area contributed by atoms with Gasteiger partial charge in [-0.25, -0.2) is 0 Å². The fourth-order valence-electron chi connectivity index (χ4n) is 2.93. The van der Waals surface area contributed by atoms with Gasteiger partial charge in [0.05, 0.1) is 0 Å². The van der Waals surface area contributed by atoms with Crippen molar-refractivity contribution in [2.75, 3.05) is 28.6 Å². The molecule has 1 aromatic heterocycles. The quantitative estimate of drug-likeness (QED) is 0.897. The topological polar surface area (TPSA) is 74.3 Å². The maximum Gasteiger partial charge on any atom is 0.274 e.